The molecular weight excluding hydrogens is 356 g/mol. The molecule has 0 aliphatic carbocycles. The van der Waals surface area contributed by atoms with E-state index in [1.165, 1.54) is 0 Å². The highest BCUT2D eigenvalue weighted by Crippen LogP contribution is 2.19. The van der Waals surface area contributed by atoms with Crippen LogP contribution in [-0.4, -0.2) is 56.3 Å². The first-order valence-corrected chi connectivity index (χ1v) is 9.86. The van der Waals surface area contributed by atoms with Gasteiger partial charge in [0.2, 0.25) is 0 Å². The predicted octanol–water partition coefficient (Wildman–Crippen LogP) is 3.01. The Morgan fingerprint density at radius 2 is 2.11 bits per heavy atom. The normalized spacial score (nSPS) is 17.8. The molecule has 1 aromatic carbocycles. The van der Waals surface area contributed by atoms with Gasteiger partial charge < -0.3 is 25.0 Å². The minimum absolute atomic E-state index is 0.224. The van der Waals surface area contributed by atoms with Crippen molar-refractivity contribution in [3.63, 3.8) is 0 Å². The monoisotopic (exact) mass is 390 g/mol. The first-order chi connectivity index (χ1) is 13.3. The Hall–Kier alpha value is -2.44. The Morgan fingerprint density at radius 3 is 2.79 bits per heavy atom. The highest BCUT2D eigenvalue weighted by molar-refractivity contribution is 5.79. The first-order valence-electron chi connectivity index (χ1n) is 9.86. The number of likely N-dealkylation sites (tertiary alicyclic amines) is 1. The van der Waals surface area contributed by atoms with Crippen molar-refractivity contribution in [1.82, 2.24) is 15.5 Å². The molecule has 1 amide bonds. The van der Waals surface area contributed by atoms with Crippen LogP contribution in [0.5, 0.6) is 5.75 Å². The number of nitrogens with zero attached hydrogens (tertiary/aromatic N) is 2. The number of carbonyl (C=O) groups excluding carboxylic acids is 1. The average Bonchev–Trinajstić information content (AvgIpc) is 2.67. The van der Waals surface area contributed by atoms with E-state index < -0.39 is 5.60 Å². The van der Waals surface area contributed by atoms with Gasteiger partial charge in [0, 0.05) is 33.2 Å². The molecular formula is C21H34N4O3. The highest BCUT2D eigenvalue weighted by Gasteiger charge is 2.27. The van der Waals surface area contributed by atoms with Gasteiger partial charge in [-0.05, 0) is 57.2 Å². The summed E-state index contributed by atoms with van der Waals surface area (Å²) in [6.07, 6.45) is 1.85. The highest BCUT2D eigenvalue weighted by atomic mass is 16.6. The summed E-state index contributed by atoms with van der Waals surface area (Å²) in [5.74, 6) is 1.96. The fraction of sp³-hybridized carbons (Fsp3) is 0.619. The lowest BCUT2D eigenvalue weighted by atomic mass is 9.98. The Balaban J connectivity index is 1.79. The van der Waals surface area contributed by atoms with E-state index in [0.717, 1.165) is 43.2 Å². The maximum Gasteiger partial charge on any atom is 0.410 e. The summed E-state index contributed by atoms with van der Waals surface area (Å²) in [5.41, 5.74) is 0.657. The number of carbonyl (C=O) groups is 1. The van der Waals surface area contributed by atoms with Crippen LogP contribution in [0.15, 0.2) is 29.3 Å². The first kappa shape index (κ1) is 21.9. The summed E-state index contributed by atoms with van der Waals surface area (Å²) in [7, 11) is 3.42. The Kier molecular flexibility index (Phi) is 7.96. The molecule has 7 heteroatoms. The van der Waals surface area contributed by atoms with E-state index in [9.17, 15) is 4.79 Å². The van der Waals surface area contributed by atoms with Gasteiger partial charge in [0.25, 0.3) is 0 Å². The minimum Gasteiger partial charge on any atom is -0.497 e. The molecule has 2 rings (SSSR count). The van der Waals surface area contributed by atoms with Crippen molar-refractivity contribution < 1.29 is 14.3 Å². The number of ether oxygens (including phenoxy) is 2. The zero-order valence-electron chi connectivity index (χ0n) is 17.7. The fourth-order valence-electron chi connectivity index (χ4n) is 3.15. The summed E-state index contributed by atoms with van der Waals surface area (Å²) in [4.78, 5) is 18.4. The molecule has 0 radical (unpaired) electrons. The molecule has 2 N–H and O–H groups in total. The Bertz CT molecular complexity index is 670. The van der Waals surface area contributed by atoms with E-state index in [4.69, 9.17) is 9.47 Å². The van der Waals surface area contributed by atoms with Crippen LogP contribution >= 0.6 is 0 Å². The molecule has 7 nitrogen and oxygen atoms in total. The van der Waals surface area contributed by atoms with Crippen molar-refractivity contribution in [2.45, 2.75) is 45.8 Å². The molecule has 1 unspecified atom stereocenters. The number of guanidine groups is 1. The van der Waals surface area contributed by atoms with Crippen LogP contribution in [0.4, 0.5) is 4.79 Å². The van der Waals surface area contributed by atoms with E-state index in [1.54, 1.807) is 14.2 Å². The van der Waals surface area contributed by atoms with Crippen molar-refractivity contribution in [1.29, 1.82) is 0 Å². The van der Waals surface area contributed by atoms with E-state index in [-0.39, 0.29) is 6.09 Å². The maximum absolute atomic E-state index is 12.3. The molecule has 0 bridgehead atoms. The summed E-state index contributed by atoms with van der Waals surface area (Å²) < 4.78 is 10.8. The number of rotatable bonds is 5. The average molecular weight is 391 g/mol. The van der Waals surface area contributed by atoms with Crippen molar-refractivity contribution in [3.8, 4) is 5.75 Å². The molecule has 0 spiro atoms. The van der Waals surface area contributed by atoms with Crippen LogP contribution in [-0.2, 0) is 11.3 Å². The second kappa shape index (κ2) is 10.2. The van der Waals surface area contributed by atoms with Crippen LogP contribution in [0.1, 0.15) is 39.2 Å². The van der Waals surface area contributed by atoms with E-state index in [2.05, 4.69) is 15.6 Å². The number of hydrogen-bond acceptors (Lipinski definition) is 4. The molecule has 1 aliphatic rings. The van der Waals surface area contributed by atoms with Gasteiger partial charge in [-0.15, -0.1) is 0 Å². The lowest BCUT2D eigenvalue weighted by Crippen LogP contribution is -2.47. The molecule has 1 aliphatic heterocycles. The van der Waals surface area contributed by atoms with Crippen LogP contribution < -0.4 is 15.4 Å². The Labute approximate surface area is 168 Å². The molecule has 0 aromatic heterocycles. The summed E-state index contributed by atoms with van der Waals surface area (Å²) >= 11 is 0. The molecule has 1 heterocycles. The minimum atomic E-state index is -0.464. The third kappa shape index (κ3) is 7.29. The van der Waals surface area contributed by atoms with Crippen molar-refractivity contribution in [2.24, 2.45) is 10.9 Å². The van der Waals surface area contributed by atoms with Gasteiger partial charge in [0.1, 0.15) is 11.4 Å². The lowest BCUT2D eigenvalue weighted by Gasteiger charge is -2.34. The topological polar surface area (TPSA) is 75.2 Å². The number of benzene rings is 1. The maximum atomic E-state index is 12.3. The fourth-order valence-corrected chi connectivity index (χ4v) is 3.15. The zero-order valence-corrected chi connectivity index (χ0v) is 17.7. The molecule has 1 saturated heterocycles. The van der Waals surface area contributed by atoms with Gasteiger partial charge in [-0.3, -0.25) is 4.99 Å². The van der Waals surface area contributed by atoms with Gasteiger partial charge in [-0.1, -0.05) is 12.1 Å². The van der Waals surface area contributed by atoms with Gasteiger partial charge >= 0.3 is 6.09 Å². The second-order valence-corrected chi connectivity index (χ2v) is 8.09. The van der Waals surface area contributed by atoms with Crippen LogP contribution in [0.2, 0.25) is 0 Å². The van der Waals surface area contributed by atoms with Gasteiger partial charge in [-0.25, -0.2) is 4.79 Å². The lowest BCUT2D eigenvalue weighted by molar-refractivity contribution is 0.0168. The van der Waals surface area contributed by atoms with E-state index >= 15 is 0 Å². The summed E-state index contributed by atoms with van der Waals surface area (Å²) in [6, 6.07) is 7.94. The smallest absolute Gasteiger partial charge is 0.410 e. The number of amides is 1. The molecule has 1 atom stereocenters. The third-order valence-corrected chi connectivity index (χ3v) is 4.55. The van der Waals surface area contributed by atoms with Crippen LogP contribution in [0, 0.1) is 5.92 Å². The molecule has 0 saturated carbocycles. The number of nitrogens with one attached hydrogen (secondary N) is 2. The standard InChI is InChI=1S/C21H34N4O3/c1-21(2,3)28-20(26)25-11-7-9-17(15-25)14-24-19(22-4)23-13-16-8-6-10-18(12-16)27-5/h6,8,10,12,17H,7,9,11,13-15H2,1-5H3,(H2,22,23,24). The van der Waals surface area contributed by atoms with Gasteiger partial charge in [0.15, 0.2) is 5.96 Å². The quantitative estimate of drug-likeness (QED) is 0.597. The SMILES string of the molecule is CN=C(NCc1cccc(OC)c1)NCC1CCCN(C(=O)OC(C)(C)C)C1. The van der Waals surface area contributed by atoms with Crippen LogP contribution in [0.25, 0.3) is 0 Å². The number of hydrogen-bond donors (Lipinski definition) is 2. The molecule has 1 fully saturated rings. The van der Waals surface area contributed by atoms with Crippen LogP contribution in [0.3, 0.4) is 0 Å². The molecule has 156 valence electrons. The van der Waals surface area contributed by atoms with Crippen molar-refractivity contribution >= 4 is 12.1 Å². The molecule has 28 heavy (non-hydrogen) atoms. The predicted molar refractivity (Wildman–Crippen MR) is 112 cm³/mol. The number of piperidine rings is 1. The van der Waals surface area contributed by atoms with Gasteiger partial charge in [0.05, 0.1) is 7.11 Å². The summed E-state index contributed by atoms with van der Waals surface area (Å²) in [6.45, 7) is 8.56. The molecule has 1 aromatic rings. The van der Waals surface area contributed by atoms with E-state index in [1.807, 2.05) is 49.9 Å². The second-order valence-electron chi connectivity index (χ2n) is 8.09. The van der Waals surface area contributed by atoms with E-state index in [0.29, 0.717) is 19.0 Å². The van der Waals surface area contributed by atoms with Gasteiger partial charge in [-0.2, -0.15) is 0 Å². The summed E-state index contributed by atoms with van der Waals surface area (Å²) in [5, 5.41) is 6.69. The van der Waals surface area contributed by atoms with Crippen molar-refractivity contribution in [2.75, 3.05) is 33.8 Å². The zero-order chi connectivity index (χ0) is 20.6. The Morgan fingerprint density at radius 1 is 1.32 bits per heavy atom. The third-order valence-electron chi connectivity index (χ3n) is 4.55. The van der Waals surface area contributed by atoms with Crippen molar-refractivity contribution in [3.05, 3.63) is 29.8 Å². The largest absolute Gasteiger partial charge is 0.497 e. The number of aliphatic imine (C=N–C) groups is 1. The number of methoxy groups -OCH3 is 1.